The third-order valence-electron chi connectivity index (χ3n) is 7.23. The summed E-state index contributed by atoms with van der Waals surface area (Å²) in [4.78, 5) is 42.0. The highest BCUT2D eigenvalue weighted by atomic mass is 32.2. The molecule has 6 atom stereocenters. The van der Waals surface area contributed by atoms with Crippen LogP contribution in [0.3, 0.4) is 0 Å². The number of aliphatic hydroxyl groups is 1. The summed E-state index contributed by atoms with van der Waals surface area (Å²) in [5, 5.41) is 16.0. The molecule has 0 aliphatic carbocycles. The third-order valence-corrected chi connectivity index (χ3v) is 9.18. The van der Waals surface area contributed by atoms with Gasteiger partial charge in [0.15, 0.2) is 0 Å². The summed E-state index contributed by atoms with van der Waals surface area (Å²) in [6, 6.07) is 4.66. The van der Waals surface area contributed by atoms with E-state index in [1.54, 1.807) is 23.6 Å². The number of hydrogen-bond acceptors (Lipinski definition) is 5. The molecule has 174 valence electrons. The van der Waals surface area contributed by atoms with Crippen LogP contribution in [-0.2, 0) is 14.4 Å². The Bertz CT molecular complexity index is 938. The summed E-state index contributed by atoms with van der Waals surface area (Å²) in [5.74, 6) is -1.47. The summed E-state index contributed by atoms with van der Waals surface area (Å²) in [7, 11) is 0. The minimum absolute atomic E-state index is 0.0448. The molecule has 0 aromatic heterocycles. The van der Waals surface area contributed by atoms with Crippen molar-refractivity contribution in [2.75, 3.05) is 18.5 Å². The number of aliphatic hydroxyl groups excluding tert-OH is 1. The number of fused-ring (bicyclic) bond motifs is 1. The lowest BCUT2D eigenvalue weighted by Crippen LogP contribution is -2.54. The van der Waals surface area contributed by atoms with Gasteiger partial charge in [-0.2, -0.15) is 0 Å². The predicted molar refractivity (Wildman–Crippen MR) is 125 cm³/mol. The van der Waals surface area contributed by atoms with Crippen molar-refractivity contribution in [3.63, 3.8) is 0 Å². The fourth-order valence-corrected chi connectivity index (χ4v) is 7.90. The minimum atomic E-state index is -0.721. The molecule has 0 radical (unpaired) electrons. The number of carbonyl (C=O) groups is 3. The van der Waals surface area contributed by atoms with E-state index in [0.717, 1.165) is 36.1 Å². The van der Waals surface area contributed by atoms with Gasteiger partial charge in [0.1, 0.15) is 6.04 Å². The van der Waals surface area contributed by atoms with Crippen molar-refractivity contribution in [3.8, 4) is 0 Å². The maximum atomic E-state index is 13.7. The van der Waals surface area contributed by atoms with Crippen molar-refractivity contribution in [1.82, 2.24) is 10.2 Å². The Morgan fingerprint density at radius 3 is 2.75 bits per heavy atom. The van der Waals surface area contributed by atoms with Gasteiger partial charge >= 0.3 is 0 Å². The number of thioether (sulfide) groups is 1. The molecule has 3 amide bonds. The standard InChI is InChI=1S/C24H33N3O4S/c1-5-10-25-21(29)18-17-8-9-24(32-17)19(18)23(31)27(15(4)12-28)20(24)22(30)26-16-11-13(2)6-7-14(16)3/h6-7,11,15,17-20,28H,5,8-10,12H2,1-4H3,(H,25,29)(H,26,30)/t15-,17-,18+,19+,20?,24?/m1/s1. The first-order valence-corrected chi connectivity index (χ1v) is 12.4. The molecule has 3 aliphatic heterocycles. The second kappa shape index (κ2) is 8.71. The second-order valence-electron chi connectivity index (χ2n) is 9.43. The molecule has 3 saturated heterocycles. The SMILES string of the molecule is CCCNC(=O)[C@@H]1[C@H]2C(=O)N([C@H](C)CO)C(C(=O)Nc3cc(C)ccc3C)C23CC[C@H]1S3. The Morgan fingerprint density at radius 1 is 1.31 bits per heavy atom. The van der Waals surface area contributed by atoms with Gasteiger partial charge in [-0.15, -0.1) is 11.8 Å². The van der Waals surface area contributed by atoms with E-state index in [1.807, 2.05) is 39.0 Å². The zero-order valence-electron chi connectivity index (χ0n) is 19.2. The molecule has 3 N–H and O–H groups in total. The van der Waals surface area contributed by atoms with E-state index < -0.39 is 28.7 Å². The summed E-state index contributed by atoms with van der Waals surface area (Å²) in [6.07, 6.45) is 2.36. The number of nitrogens with one attached hydrogen (secondary N) is 2. The zero-order chi connectivity index (χ0) is 23.2. The Kier molecular flexibility index (Phi) is 6.29. The highest BCUT2D eigenvalue weighted by molar-refractivity contribution is 8.02. The molecule has 0 saturated carbocycles. The number of aryl methyl sites for hydroxylation is 2. The van der Waals surface area contributed by atoms with Gasteiger partial charge in [-0.05, 0) is 57.2 Å². The maximum absolute atomic E-state index is 13.7. The molecule has 4 rings (SSSR count). The molecular formula is C24H33N3O4S. The number of nitrogens with zero attached hydrogens (tertiary/aromatic N) is 1. The quantitative estimate of drug-likeness (QED) is 0.581. The Balaban J connectivity index is 1.70. The molecule has 3 fully saturated rings. The summed E-state index contributed by atoms with van der Waals surface area (Å²) in [5.41, 5.74) is 2.71. The van der Waals surface area contributed by atoms with Crippen molar-refractivity contribution >= 4 is 35.2 Å². The zero-order valence-corrected chi connectivity index (χ0v) is 20.0. The van der Waals surface area contributed by atoms with Gasteiger partial charge in [0.25, 0.3) is 0 Å². The number of benzene rings is 1. The largest absolute Gasteiger partial charge is 0.394 e. The van der Waals surface area contributed by atoms with Crippen LogP contribution in [0.4, 0.5) is 5.69 Å². The van der Waals surface area contributed by atoms with Crippen molar-refractivity contribution in [1.29, 1.82) is 0 Å². The molecule has 8 heteroatoms. The van der Waals surface area contributed by atoms with Gasteiger partial charge in [0, 0.05) is 17.5 Å². The molecule has 3 aliphatic rings. The van der Waals surface area contributed by atoms with Crippen LogP contribution in [0.15, 0.2) is 18.2 Å². The van der Waals surface area contributed by atoms with Crippen molar-refractivity contribution in [2.24, 2.45) is 11.8 Å². The maximum Gasteiger partial charge on any atom is 0.248 e. The van der Waals surface area contributed by atoms with Gasteiger partial charge in [0.2, 0.25) is 17.7 Å². The van der Waals surface area contributed by atoms with Gasteiger partial charge in [-0.25, -0.2) is 0 Å². The van der Waals surface area contributed by atoms with E-state index in [0.29, 0.717) is 6.54 Å². The Hall–Kier alpha value is -2.06. The van der Waals surface area contributed by atoms with Crippen LogP contribution >= 0.6 is 11.8 Å². The minimum Gasteiger partial charge on any atom is -0.394 e. The summed E-state index contributed by atoms with van der Waals surface area (Å²) < 4.78 is -0.638. The third kappa shape index (κ3) is 3.52. The smallest absolute Gasteiger partial charge is 0.248 e. The predicted octanol–water partition coefficient (Wildman–Crippen LogP) is 2.24. The van der Waals surface area contributed by atoms with E-state index in [4.69, 9.17) is 0 Å². The number of amides is 3. The first-order chi connectivity index (χ1) is 15.2. The van der Waals surface area contributed by atoms with Crippen LogP contribution in [0.1, 0.15) is 44.2 Å². The second-order valence-corrected chi connectivity index (χ2v) is 11.0. The highest BCUT2D eigenvalue weighted by Crippen LogP contribution is 2.66. The topological polar surface area (TPSA) is 98.7 Å². The Labute approximate surface area is 193 Å². The monoisotopic (exact) mass is 459 g/mol. The van der Waals surface area contributed by atoms with E-state index in [1.165, 1.54) is 0 Å². The average molecular weight is 460 g/mol. The molecular weight excluding hydrogens is 426 g/mol. The molecule has 7 nitrogen and oxygen atoms in total. The van der Waals surface area contributed by atoms with E-state index in [2.05, 4.69) is 10.6 Å². The van der Waals surface area contributed by atoms with Crippen LogP contribution in [0.2, 0.25) is 0 Å². The molecule has 1 spiro atoms. The van der Waals surface area contributed by atoms with Gasteiger partial charge in [-0.3, -0.25) is 14.4 Å². The van der Waals surface area contributed by atoms with Crippen LogP contribution in [-0.4, -0.2) is 63.0 Å². The fourth-order valence-electron chi connectivity index (χ4n) is 5.69. The first-order valence-electron chi connectivity index (χ1n) is 11.5. The van der Waals surface area contributed by atoms with E-state index >= 15 is 0 Å². The van der Waals surface area contributed by atoms with Crippen molar-refractivity contribution in [2.45, 2.75) is 69.0 Å². The van der Waals surface area contributed by atoms with E-state index in [-0.39, 0.29) is 29.6 Å². The van der Waals surface area contributed by atoms with Gasteiger partial charge in [0.05, 0.1) is 29.2 Å². The molecule has 32 heavy (non-hydrogen) atoms. The number of carbonyl (C=O) groups excluding carboxylic acids is 3. The lowest BCUT2D eigenvalue weighted by molar-refractivity contribution is -0.141. The molecule has 2 bridgehead atoms. The van der Waals surface area contributed by atoms with E-state index in [9.17, 15) is 19.5 Å². The van der Waals surface area contributed by atoms with Crippen LogP contribution in [0.25, 0.3) is 0 Å². The summed E-state index contributed by atoms with van der Waals surface area (Å²) in [6.45, 7) is 8.01. The van der Waals surface area contributed by atoms with Gasteiger partial charge in [-0.1, -0.05) is 19.1 Å². The molecule has 2 unspecified atom stereocenters. The fraction of sp³-hybridized carbons (Fsp3) is 0.625. The molecule has 3 heterocycles. The highest BCUT2D eigenvalue weighted by Gasteiger charge is 2.74. The summed E-state index contributed by atoms with van der Waals surface area (Å²) >= 11 is 1.64. The molecule has 1 aromatic rings. The lowest BCUT2D eigenvalue weighted by Gasteiger charge is -2.36. The first kappa shape index (κ1) is 23.1. The van der Waals surface area contributed by atoms with Crippen molar-refractivity contribution in [3.05, 3.63) is 29.3 Å². The Morgan fingerprint density at radius 2 is 2.06 bits per heavy atom. The van der Waals surface area contributed by atoms with Gasteiger partial charge < -0.3 is 20.6 Å². The van der Waals surface area contributed by atoms with Crippen LogP contribution < -0.4 is 10.6 Å². The van der Waals surface area contributed by atoms with Crippen LogP contribution in [0, 0.1) is 25.7 Å². The molecule has 1 aromatic carbocycles. The normalized spacial score (nSPS) is 31.5. The average Bonchev–Trinajstić information content (AvgIpc) is 3.41. The number of anilines is 1. The lowest BCUT2D eigenvalue weighted by atomic mass is 9.70. The number of hydrogen-bond donors (Lipinski definition) is 3. The van der Waals surface area contributed by atoms with Crippen molar-refractivity contribution < 1.29 is 19.5 Å². The number of likely N-dealkylation sites (tertiary alicyclic amines) is 1. The van der Waals surface area contributed by atoms with Crippen LogP contribution in [0.5, 0.6) is 0 Å². The number of rotatable bonds is 7.